The second-order valence-corrected chi connectivity index (χ2v) is 10.6. The van der Waals surface area contributed by atoms with Gasteiger partial charge in [-0.15, -0.1) is 0 Å². The van der Waals surface area contributed by atoms with E-state index in [2.05, 4.69) is 63.7 Å². The van der Waals surface area contributed by atoms with Crippen LogP contribution in [0.15, 0.2) is 77.8 Å². The molecular weight excluding hydrogens is 704 g/mol. The van der Waals surface area contributed by atoms with Gasteiger partial charge in [0, 0.05) is 11.1 Å². The van der Waals surface area contributed by atoms with E-state index >= 15 is 0 Å². The molecule has 0 saturated heterocycles. The number of Topliss-reactive ketones (excluding diaryl/α,β-unsaturated/α-hetero) is 1. The van der Waals surface area contributed by atoms with Crippen molar-refractivity contribution in [2.45, 2.75) is 0 Å². The molecule has 1 heterocycles. The quantitative estimate of drug-likeness (QED) is 0.152. The van der Waals surface area contributed by atoms with Crippen LogP contribution < -0.4 is 0 Å². The number of hydrogen-bond donors (Lipinski definition) is 3. The first kappa shape index (κ1) is 24.7. The third-order valence-corrected chi connectivity index (χ3v) is 7.32. The number of phenols is 3. The number of esters is 1. The fourth-order valence-corrected chi connectivity index (χ4v) is 5.72. The highest BCUT2D eigenvalue weighted by Gasteiger charge is 2.36. The average molecular weight is 716 g/mol. The lowest BCUT2D eigenvalue weighted by Gasteiger charge is -2.08. The zero-order valence-electron chi connectivity index (χ0n) is 16.8. The van der Waals surface area contributed by atoms with Crippen LogP contribution in [-0.4, -0.2) is 27.1 Å². The minimum absolute atomic E-state index is 0.0132. The fraction of sp³-hybridized carbons (Fsp3) is 0. The number of allylic oxidation sites excluding steroid dienone is 1. The Morgan fingerprint density at radius 1 is 0.794 bits per heavy atom. The van der Waals surface area contributed by atoms with Gasteiger partial charge in [-0.25, -0.2) is 4.79 Å². The van der Waals surface area contributed by atoms with Gasteiger partial charge in [0.15, 0.2) is 0 Å². The number of cyclic esters (lactones) is 1. The van der Waals surface area contributed by atoms with Crippen molar-refractivity contribution in [3.63, 3.8) is 0 Å². The lowest BCUT2D eigenvalue weighted by molar-refractivity contribution is -0.132. The first-order valence-electron chi connectivity index (χ1n) is 9.45. The molecular formula is C24H12Br4O6. The number of halogens is 4. The zero-order valence-corrected chi connectivity index (χ0v) is 23.1. The lowest BCUT2D eigenvalue weighted by Crippen LogP contribution is -2.11. The summed E-state index contributed by atoms with van der Waals surface area (Å²) in [7, 11) is 0. The molecule has 0 bridgehead atoms. The number of phenolic OH excluding ortho intramolecular Hbond substituents is 3. The number of carbonyl (C=O) groups is 2. The highest BCUT2D eigenvalue weighted by molar-refractivity contribution is 9.11. The molecule has 0 unspecified atom stereocenters. The number of ether oxygens (including phenoxy) is 1. The lowest BCUT2D eigenvalue weighted by atomic mass is 9.93. The third kappa shape index (κ3) is 4.72. The van der Waals surface area contributed by atoms with E-state index in [-0.39, 0.29) is 48.7 Å². The Morgan fingerprint density at radius 2 is 1.29 bits per heavy atom. The van der Waals surface area contributed by atoms with Gasteiger partial charge in [0.1, 0.15) is 28.6 Å². The Balaban J connectivity index is 1.93. The summed E-state index contributed by atoms with van der Waals surface area (Å²) < 4.78 is 6.90. The molecule has 0 radical (unpaired) electrons. The van der Waals surface area contributed by atoms with Crippen LogP contribution in [-0.2, 0) is 9.53 Å². The van der Waals surface area contributed by atoms with Gasteiger partial charge < -0.3 is 20.1 Å². The van der Waals surface area contributed by atoms with Gasteiger partial charge >= 0.3 is 5.97 Å². The van der Waals surface area contributed by atoms with Crippen LogP contribution in [0.4, 0.5) is 0 Å². The first-order valence-corrected chi connectivity index (χ1v) is 12.6. The largest absolute Gasteiger partial charge is 0.508 e. The molecule has 3 aromatic rings. The fourth-order valence-electron chi connectivity index (χ4n) is 3.31. The van der Waals surface area contributed by atoms with Gasteiger partial charge in [0.05, 0.1) is 17.9 Å². The molecule has 0 spiro atoms. The Morgan fingerprint density at radius 3 is 1.82 bits per heavy atom. The Kier molecular flexibility index (Phi) is 7.04. The molecule has 34 heavy (non-hydrogen) atoms. The molecule has 3 N–H and O–H groups in total. The second kappa shape index (κ2) is 9.69. The first-order chi connectivity index (χ1) is 16.1. The van der Waals surface area contributed by atoms with E-state index in [0.717, 1.165) is 0 Å². The van der Waals surface area contributed by atoms with Gasteiger partial charge in [-0.2, -0.15) is 0 Å². The molecule has 0 aromatic heterocycles. The minimum atomic E-state index is -0.837. The molecule has 0 saturated carbocycles. The summed E-state index contributed by atoms with van der Waals surface area (Å²) in [4.78, 5) is 26.4. The molecule has 172 valence electrons. The summed E-state index contributed by atoms with van der Waals surface area (Å²) in [5, 5.41) is 29.7. The molecule has 10 heteroatoms. The summed E-state index contributed by atoms with van der Waals surface area (Å²) in [6, 6.07) is 12.1. The van der Waals surface area contributed by atoms with Crippen LogP contribution in [0.1, 0.15) is 21.5 Å². The van der Waals surface area contributed by atoms with Gasteiger partial charge in [0.25, 0.3) is 0 Å². The molecule has 3 aromatic carbocycles. The molecule has 0 atom stereocenters. The summed E-state index contributed by atoms with van der Waals surface area (Å²) in [6.45, 7) is 0. The molecule has 0 fully saturated rings. The highest BCUT2D eigenvalue weighted by atomic mass is 79.9. The topological polar surface area (TPSA) is 104 Å². The van der Waals surface area contributed by atoms with E-state index in [4.69, 9.17) is 4.74 Å². The maximum Gasteiger partial charge on any atom is 0.348 e. The number of rotatable bonds is 4. The normalized spacial score (nSPS) is 14.6. The van der Waals surface area contributed by atoms with Crippen molar-refractivity contribution < 1.29 is 29.6 Å². The number of aromatic hydroxyl groups is 3. The van der Waals surface area contributed by atoms with Crippen molar-refractivity contribution in [3.05, 3.63) is 94.4 Å². The number of ketones is 1. The summed E-state index contributed by atoms with van der Waals surface area (Å²) in [5.74, 6) is -1.37. The van der Waals surface area contributed by atoms with Crippen LogP contribution >= 0.6 is 63.7 Å². The van der Waals surface area contributed by atoms with E-state index in [1.54, 1.807) is 30.3 Å². The molecule has 6 nitrogen and oxygen atoms in total. The maximum absolute atomic E-state index is 13.5. The van der Waals surface area contributed by atoms with Crippen molar-refractivity contribution in [2.24, 2.45) is 0 Å². The van der Waals surface area contributed by atoms with Crippen molar-refractivity contribution in [1.29, 1.82) is 0 Å². The summed E-state index contributed by atoms with van der Waals surface area (Å²) in [6.07, 6.45) is 1.57. The van der Waals surface area contributed by atoms with E-state index in [9.17, 15) is 24.9 Å². The van der Waals surface area contributed by atoms with Crippen LogP contribution in [0.2, 0.25) is 0 Å². The summed E-state index contributed by atoms with van der Waals surface area (Å²) in [5.41, 5.74) is 1.26. The number of hydrogen-bond acceptors (Lipinski definition) is 6. The summed E-state index contributed by atoms with van der Waals surface area (Å²) >= 11 is 12.9. The van der Waals surface area contributed by atoms with Crippen LogP contribution in [0.5, 0.6) is 17.2 Å². The predicted octanol–water partition coefficient (Wildman–Crippen LogP) is 7.09. The van der Waals surface area contributed by atoms with Crippen molar-refractivity contribution in [3.8, 4) is 17.2 Å². The number of benzene rings is 3. The Labute approximate surface area is 227 Å². The second-order valence-electron chi connectivity index (χ2n) is 7.15. The van der Waals surface area contributed by atoms with Crippen molar-refractivity contribution >= 4 is 87.1 Å². The maximum atomic E-state index is 13.5. The zero-order chi connectivity index (χ0) is 24.7. The van der Waals surface area contributed by atoms with Gasteiger partial charge in [-0.1, -0.05) is 12.1 Å². The molecule has 1 aliphatic heterocycles. The SMILES string of the molecule is O=C1O/C(=C\c2cc(Br)c(O)c(Br)c2)C(c2ccc(O)cc2)=C1C(=O)c1cc(Br)c(O)c(Br)c1. The van der Waals surface area contributed by atoms with Crippen LogP contribution in [0.3, 0.4) is 0 Å². The van der Waals surface area contributed by atoms with Gasteiger partial charge in [-0.3, -0.25) is 4.79 Å². The van der Waals surface area contributed by atoms with Crippen molar-refractivity contribution in [2.75, 3.05) is 0 Å². The molecule has 4 rings (SSSR count). The standard InChI is InChI=1S/C24H12Br4O6/c25-14-5-10(6-15(26)22(14)31)7-18-19(11-1-3-13(29)4-2-11)20(24(33)34-18)21(30)12-8-16(27)23(32)17(28)9-12/h1-9,29,31-32H/b18-7-. The van der Waals surface area contributed by atoms with E-state index in [0.29, 0.717) is 20.1 Å². The van der Waals surface area contributed by atoms with Crippen LogP contribution in [0.25, 0.3) is 11.6 Å². The van der Waals surface area contributed by atoms with Gasteiger partial charge in [-0.05, 0) is 117 Å². The predicted molar refractivity (Wildman–Crippen MR) is 140 cm³/mol. The average Bonchev–Trinajstić information content (AvgIpc) is 3.10. The van der Waals surface area contributed by atoms with E-state index in [1.807, 2.05) is 0 Å². The highest BCUT2D eigenvalue weighted by Crippen LogP contribution is 2.41. The molecule has 1 aliphatic rings. The Hall–Kier alpha value is -2.40. The Bertz CT molecular complexity index is 1380. The van der Waals surface area contributed by atoms with Gasteiger partial charge in [0.2, 0.25) is 5.78 Å². The monoisotopic (exact) mass is 712 g/mol. The molecule has 0 amide bonds. The van der Waals surface area contributed by atoms with E-state index in [1.165, 1.54) is 24.3 Å². The third-order valence-electron chi connectivity index (χ3n) is 4.90. The smallest absolute Gasteiger partial charge is 0.348 e. The van der Waals surface area contributed by atoms with Crippen molar-refractivity contribution in [1.82, 2.24) is 0 Å². The van der Waals surface area contributed by atoms with E-state index < -0.39 is 11.8 Å². The minimum Gasteiger partial charge on any atom is -0.508 e. The molecule has 0 aliphatic carbocycles. The van der Waals surface area contributed by atoms with Crippen LogP contribution in [0, 0.1) is 0 Å². The number of carbonyl (C=O) groups excluding carboxylic acids is 2.